The first-order valence-corrected chi connectivity index (χ1v) is 7.58. The molecule has 2 heterocycles. The van der Waals surface area contributed by atoms with Gasteiger partial charge in [0.2, 0.25) is 6.79 Å². The monoisotopic (exact) mass is 344 g/mol. The molecule has 0 radical (unpaired) electrons. The second kappa shape index (κ2) is 7.08. The number of benzene rings is 1. The van der Waals surface area contributed by atoms with Crippen LogP contribution in [0.1, 0.15) is 6.92 Å². The quantitative estimate of drug-likeness (QED) is 0.818. The zero-order valence-electron chi connectivity index (χ0n) is 13.4. The maximum Gasteiger partial charge on any atom is 0.326 e. The lowest BCUT2D eigenvalue weighted by molar-refractivity contribution is -0.153. The Morgan fingerprint density at radius 1 is 1.24 bits per heavy atom. The topological polar surface area (TPSA) is 95.9 Å². The Kier molecular flexibility index (Phi) is 4.69. The maximum absolute atomic E-state index is 12.1. The van der Waals surface area contributed by atoms with Crippen molar-refractivity contribution in [3.63, 3.8) is 0 Å². The van der Waals surface area contributed by atoms with Gasteiger partial charge < -0.3 is 24.1 Å². The molecule has 0 aliphatic carbocycles. The predicted octanol–water partition coefficient (Wildman–Crippen LogP) is 1.15. The Morgan fingerprint density at radius 2 is 2.04 bits per heavy atom. The number of fused-ring (bicyclic) bond motifs is 1. The summed E-state index contributed by atoms with van der Waals surface area (Å²) in [7, 11) is 0. The van der Waals surface area contributed by atoms with Gasteiger partial charge in [-0.2, -0.15) is 0 Å². The zero-order chi connectivity index (χ0) is 17.8. The smallest absolute Gasteiger partial charge is 0.326 e. The van der Waals surface area contributed by atoms with E-state index in [9.17, 15) is 14.4 Å². The SMILES string of the molecule is C[C@@H](OC(=O)Cn1ccccc1=O)C(=O)Nc1ccc2c(c1)OCO2. The van der Waals surface area contributed by atoms with Crippen LogP contribution in [0.25, 0.3) is 0 Å². The van der Waals surface area contributed by atoms with Crippen LogP contribution in [0.4, 0.5) is 5.69 Å². The van der Waals surface area contributed by atoms with Gasteiger partial charge in [-0.3, -0.25) is 14.4 Å². The van der Waals surface area contributed by atoms with Crippen molar-refractivity contribution >= 4 is 17.6 Å². The number of nitrogens with one attached hydrogen (secondary N) is 1. The summed E-state index contributed by atoms with van der Waals surface area (Å²) in [6, 6.07) is 9.50. The van der Waals surface area contributed by atoms with Gasteiger partial charge in [0.1, 0.15) is 6.54 Å². The highest BCUT2D eigenvalue weighted by molar-refractivity contribution is 5.95. The van der Waals surface area contributed by atoms with Crippen molar-refractivity contribution in [3.8, 4) is 11.5 Å². The van der Waals surface area contributed by atoms with E-state index >= 15 is 0 Å². The number of pyridine rings is 1. The van der Waals surface area contributed by atoms with Crippen LogP contribution >= 0.6 is 0 Å². The molecule has 25 heavy (non-hydrogen) atoms. The number of nitrogens with zero attached hydrogens (tertiary/aromatic N) is 1. The molecule has 1 aromatic heterocycles. The Balaban J connectivity index is 1.56. The van der Waals surface area contributed by atoms with Crippen molar-refractivity contribution in [2.75, 3.05) is 12.1 Å². The molecule has 0 saturated heterocycles. The fourth-order valence-electron chi connectivity index (χ4n) is 2.24. The maximum atomic E-state index is 12.1. The van der Waals surface area contributed by atoms with Crippen molar-refractivity contribution in [2.24, 2.45) is 0 Å². The first kappa shape index (κ1) is 16.6. The summed E-state index contributed by atoms with van der Waals surface area (Å²) in [4.78, 5) is 35.6. The molecule has 3 rings (SSSR count). The lowest BCUT2D eigenvalue weighted by Gasteiger charge is -2.14. The molecule has 0 spiro atoms. The van der Waals surface area contributed by atoms with Crippen LogP contribution in [0.15, 0.2) is 47.4 Å². The molecule has 1 amide bonds. The molecular formula is C17H16N2O6. The third kappa shape index (κ3) is 3.97. The summed E-state index contributed by atoms with van der Waals surface area (Å²) in [6.07, 6.45) is 0.457. The minimum atomic E-state index is -1.02. The van der Waals surface area contributed by atoms with Crippen LogP contribution in [0, 0.1) is 0 Å². The molecule has 0 bridgehead atoms. The highest BCUT2D eigenvalue weighted by Crippen LogP contribution is 2.34. The summed E-state index contributed by atoms with van der Waals surface area (Å²) in [5.74, 6) is -0.0362. The lowest BCUT2D eigenvalue weighted by Crippen LogP contribution is -2.32. The fourth-order valence-corrected chi connectivity index (χ4v) is 2.24. The highest BCUT2D eigenvalue weighted by atomic mass is 16.7. The minimum Gasteiger partial charge on any atom is -0.454 e. The number of carbonyl (C=O) groups excluding carboxylic acids is 2. The Morgan fingerprint density at radius 3 is 2.84 bits per heavy atom. The average Bonchev–Trinajstić information content (AvgIpc) is 3.04. The largest absolute Gasteiger partial charge is 0.454 e. The number of hydrogen-bond donors (Lipinski definition) is 1. The van der Waals surface area contributed by atoms with Crippen LogP contribution in [0.2, 0.25) is 0 Å². The number of hydrogen-bond acceptors (Lipinski definition) is 6. The molecule has 1 aliphatic heterocycles. The Bertz CT molecular complexity index is 860. The van der Waals surface area contributed by atoms with Crippen molar-refractivity contribution in [1.29, 1.82) is 0 Å². The minimum absolute atomic E-state index is 0.138. The number of anilines is 1. The molecule has 0 fully saturated rings. The van der Waals surface area contributed by atoms with Gasteiger partial charge in [0.25, 0.3) is 11.5 Å². The van der Waals surface area contributed by atoms with Crippen LogP contribution in [-0.2, 0) is 20.9 Å². The van der Waals surface area contributed by atoms with Gasteiger partial charge in [0.15, 0.2) is 17.6 Å². The first-order valence-electron chi connectivity index (χ1n) is 7.58. The average molecular weight is 344 g/mol. The van der Waals surface area contributed by atoms with E-state index in [1.807, 2.05) is 0 Å². The van der Waals surface area contributed by atoms with Crippen LogP contribution in [0.5, 0.6) is 11.5 Å². The lowest BCUT2D eigenvalue weighted by atomic mass is 10.2. The number of carbonyl (C=O) groups is 2. The zero-order valence-corrected chi connectivity index (χ0v) is 13.4. The van der Waals surface area contributed by atoms with Crippen LogP contribution in [0.3, 0.4) is 0 Å². The van der Waals surface area contributed by atoms with E-state index in [1.54, 1.807) is 30.3 Å². The van der Waals surface area contributed by atoms with E-state index in [-0.39, 0.29) is 18.9 Å². The third-order valence-corrected chi connectivity index (χ3v) is 3.52. The number of amides is 1. The molecule has 8 nitrogen and oxygen atoms in total. The van der Waals surface area contributed by atoms with Gasteiger partial charge >= 0.3 is 5.97 Å². The standard InChI is InChI=1S/C17H16N2O6/c1-11(25-16(21)9-19-7-3-2-4-15(19)20)17(22)18-12-5-6-13-14(8-12)24-10-23-13/h2-8,11H,9-10H2,1H3,(H,18,22)/t11-/m1/s1. The number of aromatic nitrogens is 1. The summed E-state index contributed by atoms with van der Waals surface area (Å²) in [6.45, 7) is 1.33. The van der Waals surface area contributed by atoms with Gasteiger partial charge in [-0.25, -0.2) is 0 Å². The van der Waals surface area contributed by atoms with E-state index in [0.717, 1.165) is 0 Å². The van der Waals surface area contributed by atoms with Gasteiger partial charge in [0, 0.05) is 24.0 Å². The number of rotatable bonds is 5. The molecular weight excluding hydrogens is 328 g/mol. The van der Waals surface area contributed by atoms with E-state index in [1.165, 1.54) is 23.8 Å². The summed E-state index contributed by atoms with van der Waals surface area (Å²) < 4.78 is 16.7. The molecule has 1 N–H and O–H groups in total. The second-order valence-electron chi connectivity index (χ2n) is 5.36. The molecule has 1 aliphatic rings. The van der Waals surface area contributed by atoms with Gasteiger partial charge in [-0.15, -0.1) is 0 Å². The first-order chi connectivity index (χ1) is 12.0. The number of esters is 1. The Hall–Kier alpha value is -3.29. The molecule has 130 valence electrons. The summed E-state index contributed by atoms with van der Waals surface area (Å²) >= 11 is 0. The van der Waals surface area contributed by atoms with E-state index in [4.69, 9.17) is 14.2 Å². The van der Waals surface area contributed by atoms with Crippen molar-refractivity contribution in [3.05, 3.63) is 52.9 Å². The summed E-state index contributed by atoms with van der Waals surface area (Å²) in [5, 5.41) is 2.63. The molecule has 0 unspecified atom stereocenters. The normalized spacial score (nSPS) is 13.2. The molecule has 0 saturated carbocycles. The van der Waals surface area contributed by atoms with Crippen molar-refractivity contribution < 1.29 is 23.8 Å². The van der Waals surface area contributed by atoms with E-state index in [2.05, 4.69) is 5.32 Å². The molecule has 1 atom stereocenters. The van der Waals surface area contributed by atoms with Crippen molar-refractivity contribution in [1.82, 2.24) is 4.57 Å². The predicted molar refractivity (Wildman–Crippen MR) is 87.5 cm³/mol. The van der Waals surface area contributed by atoms with Crippen LogP contribution < -0.4 is 20.3 Å². The fraction of sp³-hybridized carbons (Fsp3) is 0.235. The molecule has 2 aromatic rings. The van der Waals surface area contributed by atoms with E-state index < -0.39 is 18.0 Å². The Labute approximate surface area is 142 Å². The molecule has 8 heteroatoms. The van der Waals surface area contributed by atoms with E-state index in [0.29, 0.717) is 17.2 Å². The van der Waals surface area contributed by atoms with Gasteiger partial charge in [-0.1, -0.05) is 6.07 Å². The van der Waals surface area contributed by atoms with Crippen molar-refractivity contribution in [2.45, 2.75) is 19.6 Å². The number of ether oxygens (including phenoxy) is 3. The highest BCUT2D eigenvalue weighted by Gasteiger charge is 2.20. The second-order valence-corrected chi connectivity index (χ2v) is 5.36. The van der Waals surface area contributed by atoms with Crippen LogP contribution in [-0.4, -0.2) is 29.3 Å². The third-order valence-electron chi connectivity index (χ3n) is 3.52. The van der Waals surface area contributed by atoms with Gasteiger partial charge in [0.05, 0.1) is 0 Å². The van der Waals surface area contributed by atoms with Gasteiger partial charge in [-0.05, 0) is 25.1 Å². The summed E-state index contributed by atoms with van der Waals surface area (Å²) in [5.41, 5.74) is 0.174. The molecule has 1 aromatic carbocycles.